The number of hydrogen-bond acceptors (Lipinski definition) is 6. The standard InChI is InChI=1S/C18H24N4O3S/c1-12(2)17(20-16(23)10-26-18-21-19-11-22(18)3)13-5-6-14-15(9-13)25-8-4-7-24-14/h5-6,9,11-12,17H,4,7-8,10H2,1-3H3,(H,20,23)/t17-/m0/s1. The lowest BCUT2D eigenvalue weighted by molar-refractivity contribution is -0.119. The Morgan fingerprint density at radius 1 is 1.31 bits per heavy atom. The molecule has 0 bridgehead atoms. The van der Waals surface area contributed by atoms with E-state index in [1.165, 1.54) is 11.8 Å². The van der Waals surface area contributed by atoms with Crippen molar-refractivity contribution in [3.63, 3.8) is 0 Å². The van der Waals surface area contributed by atoms with Crippen molar-refractivity contribution in [3.05, 3.63) is 30.1 Å². The van der Waals surface area contributed by atoms with Crippen LogP contribution in [-0.4, -0.2) is 39.6 Å². The largest absolute Gasteiger partial charge is 0.490 e. The third-order valence-electron chi connectivity index (χ3n) is 4.12. The molecule has 0 radical (unpaired) electrons. The van der Waals surface area contributed by atoms with Crippen LogP contribution in [0.25, 0.3) is 0 Å². The van der Waals surface area contributed by atoms with Crippen LogP contribution in [0.1, 0.15) is 31.9 Å². The molecule has 3 rings (SSSR count). The lowest BCUT2D eigenvalue weighted by atomic mass is 9.95. The fourth-order valence-electron chi connectivity index (χ4n) is 2.76. The minimum absolute atomic E-state index is 0.0381. The summed E-state index contributed by atoms with van der Waals surface area (Å²) < 4.78 is 13.3. The number of aryl methyl sites for hydroxylation is 1. The SMILES string of the molecule is CC(C)[C@H](NC(=O)CSc1nncn1C)c1ccc2c(c1)OCCCO2. The first kappa shape index (κ1) is 18.6. The number of hydrogen-bond donors (Lipinski definition) is 1. The number of amides is 1. The Labute approximate surface area is 157 Å². The number of benzene rings is 1. The normalized spacial score (nSPS) is 14.8. The van der Waals surface area contributed by atoms with E-state index in [2.05, 4.69) is 29.4 Å². The molecule has 0 spiro atoms. The van der Waals surface area contributed by atoms with Crippen LogP contribution in [0.15, 0.2) is 29.7 Å². The van der Waals surface area contributed by atoms with Gasteiger partial charge in [0, 0.05) is 13.5 Å². The van der Waals surface area contributed by atoms with Gasteiger partial charge in [-0.3, -0.25) is 4.79 Å². The average Bonchev–Trinajstić information content (AvgIpc) is 2.89. The fraction of sp³-hybridized carbons (Fsp3) is 0.500. The summed E-state index contributed by atoms with van der Waals surface area (Å²) in [5, 5.41) is 11.6. The number of rotatable bonds is 6. The van der Waals surface area contributed by atoms with E-state index < -0.39 is 0 Å². The zero-order valence-electron chi connectivity index (χ0n) is 15.3. The lowest BCUT2D eigenvalue weighted by Gasteiger charge is -2.23. The molecule has 1 atom stereocenters. The quantitative estimate of drug-likeness (QED) is 0.781. The predicted molar refractivity (Wildman–Crippen MR) is 99.5 cm³/mol. The van der Waals surface area contributed by atoms with Gasteiger partial charge in [0.15, 0.2) is 16.7 Å². The zero-order valence-corrected chi connectivity index (χ0v) is 16.1. The van der Waals surface area contributed by atoms with Crippen molar-refractivity contribution < 1.29 is 14.3 Å². The molecule has 0 aliphatic carbocycles. The van der Waals surface area contributed by atoms with E-state index in [9.17, 15) is 4.79 Å². The van der Waals surface area contributed by atoms with Crippen LogP contribution >= 0.6 is 11.8 Å². The molecule has 1 aromatic heterocycles. The number of nitrogens with one attached hydrogen (secondary N) is 1. The summed E-state index contributed by atoms with van der Waals surface area (Å²) >= 11 is 1.37. The Hall–Kier alpha value is -2.22. The number of carbonyl (C=O) groups excluding carboxylic acids is 1. The highest BCUT2D eigenvalue weighted by Crippen LogP contribution is 2.34. The Morgan fingerprint density at radius 3 is 2.77 bits per heavy atom. The molecule has 7 nitrogen and oxygen atoms in total. The van der Waals surface area contributed by atoms with E-state index in [0.717, 1.165) is 28.6 Å². The molecule has 1 aliphatic heterocycles. The monoisotopic (exact) mass is 376 g/mol. The van der Waals surface area contributed by atoms with Crippen LogP contribution in [-0.2, 0) is 11.8 Å². The van der Waals surface area contributed by atoms with E-state index in [-0.39, 0.29) is 17.9 Å². The molecule has 140 valence electrons. The summed E-state index contributed by atoms with van der Waals surface area (Å²) in [6.45, 7) is 5.48. The first-order chi connectivity index (χ1) is 12.5. The highest BCUT2D eigenvalue weighted by Gasteiger charge is 2.21. The van der Waals surface area contributed by atoms with Crippen LogP contribution in [0, 0.1) is 5.92 Å². The Balaban J connectivity index is 1.68. The van der Waals surface area contributed by atoms with Gasteiger partial charge in [-0.2, -0.15) is 0 Å². The summed E-state index contributed by atoms with van der Waals surface area (Å²) in [7, 11) is 1.86. The number of ether oxygens (including phenoxy) is 2. The molecular weight excluding hydrogens is 352 g/mol. The fourth-order valence-corrected chi connectivity index (χ4v) is 3.46. The number of fused-ring (bicyclic) bond motifs is 1. The van der Waals surface area contributed by atoms with Crippen LogP contribution in [0.4, 0.5) is 0 Å². The molecule has 26 heavy (non-hydrogen) atoms. The third-order valence-corrected chi connectivity index (χ3v) is 5.15. The molecule has 2 heterocycles. The molecule has 0 saturated heterocycles. The van der Waals surface area contributed by atoms with E-state index in [1.54, 1.807) is 10.9 Å². The zero-order chi connectivity index (χ0) is 18.5. The van der Waals surface area contributed by atoms with Crippen LogP contribution in [0.3, 0.4) is 0 Å². The molecule has 0 saturated carbocycles. The second-order valence-corrected chi connectivity index (χ2v) is 7.50. The number of carbonyl (C=O) groups is 1. The van der Waals surface area contributed by atoms with Gasteiger partial charge in [0.2, 0.25) is 5.91 Å². The Bertz CT molecular complexity index is 763. The molecule has 0 fully saturated rings. The van der Waals surface area contributed by atoms with Crippen molar-refractivity contribution in [2.75, 3.05) is 19.0 Å². The second-order valence-electron chi connectivity index (χ2n) is 6.56. The van der Waals surface area contributed by atoms with Crippen molar-refractivity contribution in [1.29, 1.82) is 0 Å². The van der Waals surface area contributed by atoms with Gasteiger partial charge < -0.3 is 19.4 Å². The average molecular weight is 376 g/mol. The van der Waals surface area contributed by atoms with Gasteiger partial charge in [-0.1, -0.05) is 31.7 Å². The van der Waals surface area contributed by atoms with Crippen LogP contribution in [0.2, 0.25) is 0 Å². The lowest BCUT2D eigenvalue weighted by Crippen LogP contribution is -2.33. The summed E-state index contributed by atoms with van der Waals surface area (Å²) in [5.74, 6) is 2.00. The number of aromatic nitrogens is 3. The van der Waals surface area contributed by atoms with Crippen molar-refractivity contribution >= 4 is 17.7 Å². The molecule has 1 N–H and O–H groups in total. The molecule has 1 aromatic carbocycles. The summed E-state index contributed by atoms with van der Waals surface area (Å²) in [6, 6.07) is 5.79. The number of nitrogens with zero attached hydrogens (tertiary/aromatic N) is 3. The maximum absolute atomic E-state index is 12.4. The summed E-state index contributed by atoms with van der Waals surface area (Å²) in [4.78, 5) is 12.4. The van der Waals surface area contributed by atoms with E-state index >= 15 is 0 Å². The molecule has 0 unspecified atom stereocenters. The van der Waals surface area contributed by atoms with Gasteiger partial charge in [-0.25, -0.2) is 0 Å². The van der Waals surface area contributed by atoms with Crippen molar-refractivity contribution in [3.8, 4) is 11.5 Å². The Kier molecular flexibility index (Phi) is 6.03. The summed E-state index contributed by atoms with van der Waals surface area (Å²) in [6.07, 6.45) is 2.49. The predicted octanol–water partition coefficient (Wildman–Crippen LogP) is 2.58. The van der Waals surface area contributed by atoms with Gasteiger partial charge in [0.1, 0.15) is 6.33 Å². The van der Waals surface area contributed by atoms with Gasteiger partial charge in [0.25, 0.3) is 0 Å². The maximum Gasteiger partial charge on any atom is 0.230 e. The molecule has 8 heteroatoms. The second kappa shape index (κ2) is 8.44. The molecule has 2 aromatic rings. The Morgan fingerprint density at radius 2 is 2.08 bits per heavy atom. The molecule has 1 aliphatic rings. The minimum Gasteiger partial charge on any atom is -0.490 e. The summed E-state index contributed by atoms with van der Waals surface area (Å²) in [5.41, 5.74) is 1.02. The van der Waals surface area contributed by atoms with Crippen molar-refractivity contribution in [2.24, 2.45) is 13.0 Å². The molecular formula is C18H24N4O3S. The van der Waals surface area contributed by atoms with Crippen LogP contribution < -0.4 is 14.8 Å². The maximum atomic E-state index is 12.4. The highest BCUT2D eigenvalue weighted by molar-refractivity contribution is 7.99. The van der Waals surface area contributed by atoms with Gasteiger partial charge in [-0.15, -0.1) is 10.2 Å². The third kappa shape index (κ3) is 4.49. The first-order valence-electron chi connectivity index (χ1n) is 8.70. The smallest absolute Gasteiger partial charge is 0.230 e. The highest BCUT2D eigenvalue weighted by atomic mass is 32.2. The minimum atomic E-state index is -0.0975. The first-order valence-corrected chi connectivity index (χ1v) is 9.69. The topological polar surface area (TPSA) is 78.3 Å². The van der Waals surface area contributed by atoms with Gasteiger partial charge in [-0.05, 0) is 23.6 Å². The van der Waals surface area contributed by atoms with Crippen molar-refractivity contribution in [2.45, 2.75) is 31.5 Å². The van der Waals surface area contributed by atoms with E-state index in [1.807, 2.05) is 25.2 Å². The van der Waals surface area contributed by atoms with Crippen LogP contribution in [0.5, 0.6) is 11.5 Å². The van der Waals surface area contributed by atoms with Crippen molar-refractivity contribution in [1.82, 2.24) is 20.1 Å². The number of thioether (sulfide) groups is 1. The van der Waals surface area contributed by atoms with Gasteiger partial charge in [0.05, 0.1) is 25.0 Å². The van der Waals surface area contributed by atoms with E-state index in [0.29, 0.717) is 19.0 Å². The van der Waals surface area contributed by atoms with E-state index in [4.69, 9.17) is 9.47 Å². The van der Waals surface area contributed by atoms with Gasteiger partial charge >= 0.3 is 0 Å². The molecule has 1 amide bonds.